The van der Waals surface area contributed by atoms with E-state index in [-0.39, 0.29) is 33.6 Å². The fourth-order valence-electron chi connectivity index (χ4n) is 3.82. The SMILES string of the molecule is COc1cc(C(=O)O)cc(C(=O)OC2(C)C=Cc3cccc4c3C(=C2)C(=O)N(OS(=O)(=O)C(F)(F)F)C4=O)c1. The zero-order chi connectivity index (χ0) is 28.9. The molecular weight excluding hydrogens is 551 g/mol. The molecule has 0 spiro atoms. The molecule has 0 aromatic heterocycles. The molecule has 0 bridgehead atoms. The Balaban J connectivity index is 1.79. The summed E-state index contributed by atoms with van der Waals surface area (Å²) in [5.74, 6) is -5.43. The van der Waals surface area contributed by atoms with Crippen molar-refractivity contribution in [2.24, 2.45) is 0 Å². The fraction of sp³-hybridized carbons (Fsp3) is 0.167. The molecule has 1 heterocycles. The van der Waals surface area contributed by atoms with Gasteiger partial charge in [-0.25, -0.2) is 9.59 Å². The molecule has 0 saturated carbocycles. The van der Waals surface area contributed by atoms with Crippen molar-refractivity contribution < 1.29 is 59.6 Å². The highest BCUT2D eigenvalue weighted by Gasteiger charge is 2.52. The van der Waals surface area contributed by atoms with Crippen LogP contribution in [-0.4, -0.2) is 60.6 Å². The van der Waals surface area contributed by atoms with Gasteiger partial charge in [-0.3, -0.25) is 9.59 Å². The van der Waals surface area contributed by atoms with Crippen LogP contribution in [0.4, 0.5) is 13.2 Å². The number of halogens is 3. The van der Waals surface area contributed by atoms with Crippen LogP contribution in [0.25, 0.3) is 11.6 Å². The second-order valence-electron chi connectivity index (χ2n) is 8.37. The molecule has 1 N–H and O–H groups in total. The number of benzene rings is 2. The number of carboxylic acid groups (broad SMARTS) is 1. The minimum atomic E-state index is -6.40. The predicted molar refractivity (Wildman–Crippen MR) is 124 cm³/mol. The Hall–Kier alpha value is -4.50. The van der Waals surface area contributed by atoms with Gasteiger partial charge in [-0.1, -0.05) is 18.2 Å². The smallest absolute Gasteiger partial charge is 0.497 e. The van der Waals surface area contributed by atoms with Gasteiger partial charge in [0.05, 0.1) is 29.4 Å². The van der Waals surface area contributed by atoms with E-state index in [1.54, 1.807) is 0 Å². The second-order valence-corrected chi connectivity index (χ2v) is 9.89. The summed E-state index contributed by atoms with van der Waals surface area (Å²) in [6.45, 7) is 1.29. The maximum atomic E-state index is 13.1. The van der Waals surface area contributed by atoms with Gasteiger partial charge in [0.1, 0.15) is 11.4 Å². The van der Waals surface area contributed by atoms with Crippen molar-refractivity contribution in [1.82, 2.24) is 5.06 Å². The number of imide groups is 1. The number of carbonyl (C=O) groups is 4. The van der Waals surface area contributed by atoms with Gasteiger partial charge < -0.3 is 14.6 Å². The van der Waals surface area contributed by atoms with Gasteiger partial charge in [0.25, 0.3) is 11.8 Å². The summed E-state index contributed by atoms with van der Waals surface area (Å²) < 4.78 is 76.4. The first-order valence-corrected chi connectivity index (χ1v) is 12.1. The number of hydrogen-bond acceptors (Lipinski definition) is 9. The van der Waals surface area contributed by atoms with Crippen molar-refractivity contribution in [2.75, 3.05) is 7.11 Å². The van der Waals surface area contributed by atoms with E-state index in [0.29, 0.717) is 0 Å². The Morgan fingerprint density at radius 3 is 2.33 bits per heavy atom. The summed E-state index contributed by atoms with van der Waals surface area (Å²) in [4.78, 5) is 50.4. The summed E-state index contributed by atoms with van der Waals surface area (Å²) in [5, 5.41) is 8.77. The Kier molecular flexibility index (Phi) is 6.60. The van der Waals surface area contributed by atoms with Crippen LogP contribution in [0.5, 0.6) is 5.75 Å². The van der Waals surface area contributed by atoms with Gasteiger partial charge in [-0.2, -0.15) is 21.6 Å². The lowest BCUT2D eigenvalue weighted by molar-refractivity contribution is -0.144. The van der Waals surface area contributed by atoms with Crippen LogP contribution < -0.4 is 4.74 Å². The Bertz CT molecular complexity index is 1610. The molecular formula is C24H16F3NO10S. The average molecular weight is 567 g/mol. The van der Waals surface area contributed by atoms with Crippen molar-refractivity contribution in [3.8, 4) is 5.75 Å². The second kappa shape index (κ2) is 9.36. The number of hydrogen-bond donors (Lipinski definition) is 1. The zero-order valence-electron chi connectivity index (χ0n) is 19.8. The number of amides is 2. The first-order valence-electron chi connectivity index (χ1n) is 10.7. The van der Waals surface area contributed by atoms with Crippen LogP contribution in [0, 0.1) is 0 Å². The number of esters is 1. The topological polar surface area (TPSA) is 154 Å². The summed E-state index contributed by atoms with van der Waals surface area (Å²) >= 11 is 0. The van der Waals surface area contributed by atoms with E-state index in [1.165, 1.54) is 44.4 Å². The summed E-state index contributed by atoms with van der Waals surface area (Å²) in [6, 6.07) is 7.30. The van der Waals surface area contributed by atoms with Gasteiger partial charge in [0.15, 0.2) is 0 Å². The molecule has 2 aromatic rings. The third-order valence-corrected chi connectivity index (χ3v) is 6.53. The number of methoxy groups -OCH3 is 1. The number of aromatic carboxylic acids is 1. The summed E-state index contributed by atoms with van der Waals surface area (Å²) in [6.07, 6.45) is 3.69. The van der Waals surface area contributed by atoms with E-state index in [2.05, 4.69) is 4.28 Å². The molecule has 1 atom stereocenters. The minimum absolute atomic E-state index is 0.0263. The molecule has 2 aromatic carbocycles. The van der Waals surface area contributed by atoms with Crippen LogP contribution in [0.2, 0.25) is 0 Å². The lowest BCUT2D eigenvalue weighted by atomic mass is 9.90. The first kappa shape index (κ1) is 27.5. The normalized spacial score (nSPS) is 18.7. The number of carbonyl (C=O) groups excluding carboxylic acids is 3. The van der Waals surface area contributed by atoms with Crippen molar-refractivity contribution in [3.63, 3.8) is 0 Å². The zero-order valence-corrected chi connectivity index (χ0v) is 20.6. The van der Waals surface area contributed by atoms with Crippen LogP contribution in [0.15, 0.2) is 48.6 Å². The van der Waals surface area contributed by atoms with Gasteiger partial charge >= 0.3 is 27.6 Å². The van der Waals surface area contributed by atoms with Crippen molar-refractivity contribution in [3.05, 3.63) is 76.4 Å². The summed E-state index contributed by atoms with van der Waals surface area (Å²) in [5.41, 5.74) is -8.95. The molecule has 204 valence electrons. The molecule has 2 amide bonds. The van der Waals surface area contributed by atoms with E-state index in [9.17, 15) is 45.9 Å². The lowest BCUT2D eigenvalue weighted by Crippen LogP contribution is -2.45. The number of ether oxygens (including phenoxy) is 2. The average Bonchev–Trinajstić information content (AvgIpc) is 3.01. The van der Waals surface area contributed by atoms with E-state index in [1.807, 2.05) is 0 Å². The van der Waals surface area contributed by atoms with Gasteiger partial charge in [0.2, 0.25) is 0 Å². The highest BCUT2D eigenvalue weighted by atomic mass is 32.2. The van der Waals surface area contributed by atoms with E-state index >= 15 is 0 Å². The highest BCUT2D eigenvalue weighted by molar-refractivity contribution is 7.87. The maximum absolute atomic E-state index is 13.1. The number of nitrogens with zero attached hydrogens (tertiary/aromatic N) is 1. The molecule has 15 heteroatoms. The molecule has 0 saturated heterocycles. The third-order valence-electron chi connectivity index (χ3n) is 5.61. The molecule has 39 heavy (non-hydrogen) atoms. The predicted octanol–water partition coefficient (Wildman–Crippen LogP) is 3.18. The largest absolute Gasteiger partial charge is 0.525 e. The van der Waals surface area contributed by atoms with E-state index in [0.717, 1.165) is 24.3 Å². The molecule has 11 nitrogen and oxygen atoms in total. The van der Waals surface area contributed by atoms with E-state index < -0.39 is 55.6 Å². The lowest BCUT2D eigenvalue weighted by Gasteiger charge is -2.29. The molecule has 0 radical (unpaired) electrons. The molecule has 0 fully saturated rings. The monoisotopic (exact) mass is 567 g/mol. The number of hydroxylamine groups is 2. The first-order chi connectivity index (χ1) is 18.1. The van der Waals surface area contributed by atoms with Gasteiger partial charge in [-0.05, 0) is 48.9 Å². The fourth-order valence-corrected chi connectivity index (χ4v) is 4.23. The highest BCUT2D eigenvalue weighted by Crippen LogP contribution is 2.39. The maximum Gasteiger partial charge on any atom is 0.525 e. The van der Waals surface area contributed by atoms with Crippen LogP contribution >= 0.6 is 0 Å². The van der Waals surface area contributed by atoms with Crippen LogP contribution in [0.3, 0.4) is 0 Å². The van der Waals surface area contributed by atoms with Crippen molar-refractivity contribution in [2.45, 2.75) is 18.0 Å². The van der Waals surface area contributed by atoms with Crippen molar-refractivity contribution >= 4 is 45.5 Å². The molecule has 1 aliphatic carbocycles. The van der Waals surface area contributed by atoms with Crippen LogP contribution in [-0.2, 0) is 23.9 Å². The third kappa shape index (κ3) is 5.00. The number of alkyl halides is 3. The van der Waals surface area contributed by atoms with Gasteiger partial charge in [0, 0.05) is 5.56 Å². The molecule has 1 unspecified atom stereocenters. The van der Waals surface area contributed by atoms with Gasteiger partial charge in [-0.15, -0.1) is 9.35 Å². The van der Waals surface area contributed by atoms with Crippen molar-refractivity contribution in [1.29, 1.82) is 0 Å². The Labute approximate surface area is 217 Å². The Morgan fingerprint density at radius 1 is 1.05 bits per heavy atom. The van der Waals surface area contributed by atoms with Crippen LogP contribution in [0.1, 0.15) is 49.1 Å². The Morgan fingerprint density at radius 2 is 1.72 bits per heavy atom. The summed E-state index contributed by atoms with van der Waals surface area (Å²) in [7, 11) is -5.16. The molecule has 4 rings (SSSR count). The number of carboxylic acids is 1. The van der Waals surface area contributed by atoms with E-state index in [4.69, 9.17) is 9.47 Å². The number of rotatable bonds is 6. The standard InChI is InChI=1S/C24H16F3NO10S/c1-23(37-22(33)14-8-13(21(31)32)9-15(10-14)36-2)7-6-12-4-3-5-16-18(12)17(11-23)20(30)28(19(16)29)38-39(34,35)24(25,26)27/h3-11H,1-2H3,(H,31,32). The quantitative estimate of drug-likeness (QED) is 0.313. The minimum Gasteiger partial charge on any atom is -0.497 e. The molecule has 2 aliphatic rings. The molecule has 1 aliphatic heterocycles.